The van der Waals surface area contributed by atoms with Gasteiger partial charge >= 0.3 is 12.0 Å². The van der Waals surface area contributed by atoms with E-state index in [0.717, 1.165) is 11.1 Å². The Morgan fingerprint density at radius 3 is 2.50 bits per heavy atom. The molecule has 0 saturated heterocycles. The minimum absolute atomic E-state index is 0.0911. The second-order valence-electron chi connectivity index (χ2n) is 6.15. The van der Waals surface area contributed by atoms with Crippen LogP contribution in [0.15, 0.2) is 59.8 Å². The molecule has 6 heteroatoms. The molecule has 0 fully saturated rings. The molecule has 2 amide bonds. The highest BCUT2D eigenvalue weighted by atomic mass is 19.1. The summed E-state index contributed by atoms with van der Waals surface area (Å²) in [6, 6.07) is 12.2. The van der Waals surface area contributed by atoms with Gasteiger partial charge in [-0.1, -0.05) is 48.0 Å². The maximum absolute atomic E-state index is 14.2. The number of aryl methyl sites for hydroxylation is 1. The Bertz CT molecular complexity index is 875. The molecule has 3 rings (SSSR count). The summed E-state index contributed by atoms with van der Waals surface area (Å²) in [5.41, 5.74) is 2.69. The van der Waals surface area contributed by atoms with Crippen LogP contribution in [0.1, 0.15) is 29.7 Å². The number of hydrogen-bond acceptors (Lipinski definition) is 3. The van der Waals surface area contributed by atoms with Gasteiger partial charge in [-0.3, -0.25) is 0 Å². The zero-order valence-electron chi connectivity index (χ0n) is 14.5. The van der Waals surface area contributed by atoms with Crippen molar-refractivity contribution in [3.8, 4) is 0 Å². The maximum Gasteiger partial charge on any atom is 0.338 e. The molecule has 1 unspecified atom stereocenters. The summed E-state index contributed by atoms with van der Waals surface area (Å²) in [6.07, 6.45) is 0. The topological polar surface area (TPSA) is 67.4 Å². The molecule has 0 aliphatic carbocycles. The molecular formula is C20H19FN2O3. The molecule has 0 spiro atoms. The highest BCUT2D eigenvalue weighted by Gasteiger charge is 2.33. The van der Waals surface area contributed by atoms with Crippen LogP contribution in [-0.4, -0.2) is 12.0 Å². The van der Waals surface area contributed by atoms with Crippen molar-refractivity contribution in [2.75, 3.05) is 0 Å². The van der Waals surface area contributed by atoms with Gasteiger partial charge in [0.05, 0.1) is 11.6 Å². The Kier molecular flexibility index (Phi) is 5.02. The average Bonchev–Trinajstić information content (AvgIpc) is 2.61. The highest BCUT2D eigenvalue weighted by Crippen LogP contribution is 2.29. The largest absolute Gasteiger partial charge is 0.457 e. The van der Waals surface area contributed by atoms with E-state index in [1.807, 2.05) is 31.2 Å². The molecule has 134 valence electrons. The van der Waals surface area contributed by atoms with Gasteiger partial charge in [-0.25, -0.2) is 14.0 Å². The lowest BCUT2D eigenvalue weighted by Gasteiger charge is -2.28. The van der Waals surface area contributed by atoms with Gasteiger partial charge < -0.3 is 15.4 Å². The quantitative estimate of drug-likeness (QED) is 0.826. The lowest BCUT2D eigenvalue weighted by Crippen LogP contribution is -2.45. The van der Waals surface area contributed by atoms with Crippen molar-refractivity contribution in [1.82, 2.24) is 10.6 Å². The van der Waals surface area contributed by atoms with Crippen molar-refractivity contribution in [2.45, 2.75) is 26.5 Å². The van der Waals surface area contributed by atoms with Crippen molar-refractivity contribution in [2.24, 2.45) is 0 Å². The van der Waals surface area contributed by atoms with E-state index in [1.165, 1.54) is 12.1 Å². The van der Waals surface area contributed by atoms with Gasteiger partial charge in [0.2, 0.25) is 0 Å². The molecule has 1 aliphatic rings. The number of carbonyl (C=O) groups excluding carboxylic acids is 2. The molecule has 0 aromatic heterocycles. The average molecular weight is 354 g/mol. The maximum atomic E-state index is 14.2. The van der Waals surface area contributed by atoms with E-state index < -0.39 is 23.9 Å². The normalized spacial score (nSPS) is 16.7. The first-order valence-electron chi connectivity index (χ1n) is 8.21. The summed E-state index contributed by atoms with van der Waals surface area (Å²) in [5, 5.41) is 5.13. The molecule has 0 bridgehead atoms. The van der Waals surface area contributed by atoms with Crippen molar-refractivity contribution in [1.29, 1.82) is 0 Å². The molecular weight excluding hydrogens is 335 g/mol. The van der Waals surface area contributed by atoms with E-state index in [0.29, 0.717) is 5.70 Å². The number of ether oxygens (including phenoxy) is 1. The van der Waals surface area contributed by atoms with Gasteiger partial charge in [0.15, 0.2) is 0 Å². The standard InChI is InChI=1S/C20H19FN2O3/c1-12-7-9-14(10-8-12)11-26-19(24)17-13(2)22-20(25)23-18(17)15-5-3-4-6-16(15)21/h3-10,18H,11H2,1-2H3,(H2,22,23,25). The van der Waals surface area contributed by atoms with Crippen LogP contribution >= 0.6 is 0 Å². The number of nitrogens with one attached hydrogen (secondary N) is 2. The monoisotopic (exact) mass is 354 g/mol. The zero-order chi connectivity index (χ0) is 18.7. The van der Waals surface area contributed by atoms with E-state index in [1.54, 1.807) is 19.1 Å². The lowest BCUT2D eigenvalue weighted by atomic mass is 9.95. The minimum atomic E-state index is -0.907. The van der Waals surface area contributed by atoms with Gasteiger partial charge in [0.1, 0.15) is 12.4 Å². The van der Waals surface area contributed by atoms with Gasteiger partial charge in [-0.2, -0.15) is 0 Å². The van der Waals surface area contributed by atoms with Crippen LogP contribution in [0, 0.1) is 12.7 Å². The van der Waals surface area contributed by atoms with E-state index in [9.17, 15) is 14.0 Å². The SMILES string of the molecule is CC1=C(C(=O)OCc2ccc(C)cc2)C(c2ccccc2F)NC(=O)N1. The molecule has 2 N–H and O–H groups in total. The third-order valence-electron chi connectivity index (χ3n) is 4.20. The number of amides is 2. The van der Waals surface area contributed by atoms with Crippen LogP contribution in [0.3, 0.4) is 0 Å². The number of halogens is 1. The molecule has 2 aromatic rings. The second kappa shape index (κ2) is 7.39. The van der Waals surface area contributed by atoms with E-state index in [2.05, 4.69) is 10.6 Å². The number of esters is 1. The summed E-state index contributed by atoms with van der Waals surface area (Å²) in [6.45, 7) is 3.65. The number of urea groups is 1. The predicted octanol–water partition coefficient (Wildman–Crippen LogP) is 3.51. The van der Waals surface area contributed by atoms with Gasteiger partial charge in [0, 0.05) is 11.3 Å². The fraction of sp³-hybridized carbons (Fsp3) is 0.200. The molecule has 0 radical (unpaired) electrons. The number of allylic oxidation sites excluding steroid dienone is 1. The number of benzene rings is 2. The van der Waals surface area contributed by atoms with Crippen molar-refractivity contribution >= 4 is 12.0 Å². The van der Waals surface area contributed by atoms with E-state index >= 15 is 0 Å². The Balaban J connectivity index is 1.85. The van der Waals surface area contributed by atoms with E-state index in [-0.39, 0.29) is 17.7 Å². The van der Waals surface area contributed by atoms with Crippen molar-refractivity contribution < 1.29 is 18.7 Å². The lowest BCUT2D eigenvalue weighted by molar-refractivity contribution is -0.140. The van der Waals surface area contributed by atoms with Crippen LogP contribution < -0.4 is 10.6 Å². The molecule has 26 heavy (non-hydrogen) atoms. The summed E-state index contributed by atoms with van der Waals surface area (Å²) < 4.78 is 19.6. The Morgan fingerprint density at radius 2 is 1.81 bits per heavy atom. The third kappa shape index (κ3) is 3.74. The van der Waals surface area contributed by atoms with Gasteiger partial charge in [-0.05, 0) is 25.5 Å². The third-order valence-corrected chi connectivity index (χ3v) is 4.20. The van der Waals surface area contributed by atoms with Crippen LogP contribution in [0.5, 0.6) is 0 Å². The molecule has 1 aliphatic heterocycles. The van der Waals surface area contributed by atoms with Crippen LogP contribution in [0.25, 0.3) is 0 Å². The fourth-order valence-corrected chi connectivity index (χ4v) is 2.82. The van der Waals surface area contributed by atoms with Crippen molar-refractivity contribution in [3.05, 3.63) is 82.3 Å². The summed E-state index contributed by atoms with van der Waals surface area (Å²) >= 11 is 0. The molecule has 5 nitrogen and oxygen atoms in total. The molecule has 1 heterocycles. The predicted molar refractivity (Wildman–Crippen MR) is 94.5 cm³/mol. The van der Waals surface area contributed by atoms with E-state index in [4.69, 9.17) is 4.74 Å². The zero-order valence-corrected chi connectivity index (χ0v) is 14.5. The molecule has 0 saturated carbocycles. The first kappa shape index (κ1) is 17.7. The van der Waals surface area contributed by atoms with Crippen LogP contribution in [0.2, 0.25) is 0 Å². The summed E-state index contributed by atoms with van der Waals surface area (Å²) in [7, 11) is 0. The highest BCUT2D eigenvalue weighted by molar-refractivity contribution is 5.95. The minimum Gasteiger partial charge on any atom is -0.457 e. The van der Waals surface area contributed by atoms with Gasteiger partial charge in [-0.15, -0.1) is 0 Å². The first-order valence-corrected chi connectivity index (χ1v) is 8.21. The molecule has 1 atom stereocenters. The Hall–Kier alpha value is -3.15. The second-order valence-corrected chi connectivity index (χ2v) is 6.15. The summed E-state index contributed by atoms with van der Waals surface area (Å²) in [5.74, 6) is -1.11. The number of hydrogen-bond donors (Lipinski definition) is 2. The van der Waals surface area contributed by atoms with Crippen molar-refractivity contribution in [3.63, 3.8) is 0 Å². The first-order chi connectivity index (χ1) is 12.5. The van der Waals surface area contributed by atoms with Crippen LogP contribution in [0.4, 0.5) is 9.18 Å². The van der Waals surface area contributed by atoms with Crippen LogP contribution in [-0.2, 0) is 16.1 Å². The summed E-state index contributed by atoms with van der Waals surface area (Å²) in [4.78, 5) is 24.5. The number of rotatable bonds is 4. The van der Waals surface area contributed by atoms with Gasteiger partial charge in [0.25, 0.3) is 0 Å². The molecule has 2 aromatic carbocycles. The smallest absolute Gasteiger partial charge is 0.338 e. The Morgan fingerprint density at radius 1 is 1.12 bits per heavy atom. The Labute approximate surface area is 150 Å². The fourth-order valence-electron chi connectivity index (χ4n) is 2.82. The number of carbonyl (C=O) groups is 2.